The zero-order chi connectivity index (χ0) is 22.3. The topological polar surface area (TPSA) is 100 Å². The quantitative estimate of drug-likeness (QED) is 0.494. The van der Waals surface area contributed by atoms with Gasteiger partial charge in [-0.15, -0.1) is 0 Å². The van der Waals surface area contributed by atoms with E-state index in [-0.39, 0.29) is 19.6 Å². The molecule has 162 valence electrons. The number of nitrogens with one attached hydrogen (secondary N) is 1. The number of carbonyl (C=O) groups excluding carboxylic acids is 3. The Morgan fingerprint density at radius 3 is 1.87 bits per heavy atom. The van der Waals surface area contributed by atoms with Gasteiger partial charge in [0, 0.05) is 13.3 Å². The molecule has 0 aliphatic carbocycles. The van der Waals surface area contributed by atoms with Crippen LogP contribution >= 0.6 is 0 Å². The summed E-state index contributed by atoms with van der Waals surface area (Å²) in [5.74, 6) is -1.16. The Balaban J connectivity index is 2.56. The zero-order valence-electron chi connectivity index (χ0n) is 17.9. The minimum atomic E-state index is -1.98. The first-order valence-electron chi connectivity index (χ1n) is 9.59. The van der Waals surface area contributed by atoms with E-state index in [1.54, 1.807) is 33.1 Å². The van der Waals surface area contributed by atoms with E-state index < -0.39 is 23.4 Å². The van der Waals surface area contributed by atoms with E-state index in [1.165, 1.54) is 14.0 Å². The molecule has 1 amide bonds. The Bertz CT molecular complexity index is 920. The monoisotopic (exact) mass is 417 g/mol. The molecule has 0 aromatic heterocycles. The van der Waals surface area contributed by atoms with Crippen molar-refractivity contribution in [3.63, 3.8) is 0 Å². The molecule has 0 aliphatic heterocycles. The van der Waals surface area contributed by atoms with E-state index in [0.29, 0.717) is 17.1 Å². The normalized spacial score (nSPS) is 11.0. The summed E-state index contributed by atoms with van der Waals surface area (Å²) < 4.78 is 20.9. The highest BCUT2D eigenvalue weighted by molar-refractivity contribution is 6.08. The van der Waals surface area contributed by atoms with Crippen molar-refractivity contribution < 1.29 is 33.3 Å². The Morgan fingerprint density at radius 2 is 1.40 bits per heavy atom. The number of benzene rings is 2. The molecule has 0 unspecified atom stereocenters. The molecule has 0 spiro atoms. The predicted octanol–water partition coefficient (Wildman–Crippen LogP) is 2.40. The van der Waals surface area contributed by atoms with E-state index in [0.717, 1.165) is 10.8 Å². The Labute approximate surface area is 175 Å². The van der Waals surface area contributed by atoms with Crippen LogP contribution in [0, 0.1) is 0 Å². The maximum atomic E-state index is 12.8. The number of carbonyl (C=O) groups is 3. The van der Waals surface area contributed by atoms with Crippen molar-refractivity contribution in [2.75, 3.05) is 27.4 Å². The van der Waals surface area contributed by atoms with Crippen LogP contribution in [0.25, 0.3) is 10.8 Å². The number of ether oxygens (including phenoxy) is 4. The van der Waals surface area contributed by atoms with Crippen molar-refractivity contribution in [1.29, 1.82) is 0 Å². The van der Waals surface area contributed by atoms with Gasteiger partial charge in [-0.05, 0) is 42.3 Å². The summed E-state index contributed by atoms with van der Waals surface area (Å²) in [6.45, 7) is 4.57. The van der Waals surface area contributed by atoms with Crippen molar-refractivity contribution in [3.8, 4) is 11.5 Å². The molecule has 2 aromatic rings. The molecule has 0 saturated carbocycles. The van der Waals surface area contributed by atoms with Gasteiger partial charge in [0.05, 0.1) is 27.4 Å². The summed E-state index contributed by atoms with van der Waals surface area (Å²) in [6.07, 6.45) is -0.130. The first-order valence-corrected chi connectivity index (χ1v) is 9.59. The average molecular weight is 417 g/mol. The highest BCUT2D eigenvalue weighted by atomic mass is 16.6. The molecule has 0 radical (unpaired) electrons. The lowest BCUT2D eigenvalue weighted by atomic mass is 9.89. The van der Waals surface area contributed by atoms with Crippen molar-refractivity contribution in [2.24, 2.45) is 0 Å². The molecule has 1 N–H and O–H groups in total. The molecule has 0 heterocycles. The molecular weight excluding hydrogens is 390 g/mol. The number of amides is 1. The molecule has 2 aromatic carbocycles. The number of esters is 2. The van der Waals surface area contributed by atoms with Gasteiger partial charge in [0.25, 0.3) is 0 Å². The SMILES string of the molecule is CCOC(=O)C(Cc1ccc2cc(OC)c(OC)cc2c1)(NC(C)=O)C(=O)OCC. The van der Waals surface area contributed by atoms with Gasteiger partial charge in [-0.2, -0.15) is 0 Å². The molecule has 0 aliphatic rings. The molecule has 8 nitrogen and oxygen atoms in total. The van der Waals surface area contributed by atoms with E-state index in [9.17, 15) is 14.4 Å². The van der Waals surface area contributed by atoms with Gasteiger partial charge in [0.1, 0.15) is 0 Å². The summed E-state index contributed by atoms with van der Waals surface area (Å²) in [5.41, 5.74) is -1.35. The van der Waals surface area contributed by atoms with E-state index in [4.69, 9.17) is 18.9 Å². The summed E-state index contributed by atoms with van der Waals surface area (Å²) in [5, 5.41) is 4.16. The Kier molecular flexibility index (Phi) is 7.63. The summed E-state index contributed by atoms with van der Waals surface area (Å²) in [6, 6.07) is 9.04. The maximum absolute atomic E-state index is 12.8. The number of fused-ring (bicyclic) bond motifs is 1. The number of hydrogen-bond donors (Lipinski definition) is 1. The van der Waals surface area contributed by atoms with E-state index in [2.05, 4.69) is 5.32 Å². The smallest absolute Gasteiger partial charge is 0.344 e. The van der Waals surface area contributed by atoms with Crippen LogP contribution in [0.5, 0.6) is 11.5 Å². The minimum absolute atomic E-state index is 0.0499. The Hall–Kier alpha value is -3.29. The predicted molar refractivity (Wildman–Crippen MR) is 111 cm³/mol. The molecule has 0 atom stereocenters. The van der Waals surface area contributed by atoms with Gasteiger partial charge in [0.2, 0.25) is 11.4 Å². The molecule has 8 heteroatoms. The summed E-state index contributed by atoms with van der Waals surface area (Å²) in [4.78, 5) is 37.5. The van der Waals surface area contributed by atoms with E-state index >= 15 is 0 Å². The highest BCUT2D eigenvalue weighted by Gasteiger charge is 2.50. The van der Waals surface area contributed by atoms with Gasteiger partial charge < -0.3 is 24.3 Å². The third-order valence-electron chi connectivity index (χ3n) is 4.51. The van der Waals surface area contributed by atoms with Gasteiger partial charge in [-0.25, -0.2) is 9.59 Å². The largest absolute Gasteiger partial charge is 0.493 e. The second kappa shape index (κ2) is 9.96. The van der Waals surface area contributed by atoms with Crippen molar-refractivity contribution in [3.05, 3.63) is 35.9 Å². The van der Waals surface area contributed by atoms with Gasteiger partial charge >= 0.3 is 11.9 Å². The third-order valence-corrected chi connectivity index (χ3v) is 4.51. The first-order chi connectivity index (χ1) is 14.3. The lowest BCUT2D eigenvalue weighted by Crippen LogP contribution is -2.62. The fourth-order valence-corrected chi connectivity index (χ4v) is 3.22. The highest BCUT2D eigenvalue weighted by Crippen LogP contribution is 2.33. The fraction of sp³-hybridized carbons (Fsp3) is 0.409. The molecular formula is C22H27NO7. The van der Waals surface area contributed by atoms with Gasteiger partial charge in [-0.1, -0.05) is 18.2 Å². The summed E-state index contributed by atoms with van der Waals surface area (Å²) in [7, 11) is 3.09. The third kappa shape index (κ3) is 4.82. The molecule has 0 bridgehead atoms. The van der Waals surface area contributed by atoms with Crippen LogP contribution in [0.2, 0.25) is 0 Å². The van der Waals surface area contributed by atoms with Crippen LogP contribution in [0.3, 0.4) is 0 Å². The van der Waals surface area contributed by atoms with Crippen molar-refractivity contribution in [1.82, 2.24) is 5.32 Å². The zero-order valence-corrected chi connectivity index (χ0v) is 17.9. The maximum Gasteiger partial charge on any atom is 0.344 e. The fourth-order valence-electron chi connectivity index (χ4n) is 3.22. The lowest BCUT2D eigenvalue weighted by molar-refractivity contribution is -0.168. The molecule has 0 fully saturated rings. The van der Waals surface area contributed by atoms with Crippen LogP contribution in [-0.2, 0) is 30.3 Å². The number of hydrogen-bond acceptors (Lipinski definition) is 7. The van der Waals surface area contributed by atoms with Crippen LogP contribution in [0.1, 0.15) is 26.3 Å². The number of methoxy groups -OCH3 is 2. The van der Waals surface area contributed by atoms with E-state index in [1.807, 2.05) is 18.2 Å². The van der Waals surface area contributed by atoms with Gasteiger partial charge in [0.15, 0.2) is 11.5 Å². The lowest BCUT2D eigenvalue weighted by Gasteiger charge is -2.29. The minimum Gasteiger partial charge on any atom is -0.493 e. The second-order valence-corrected chi connectivity index (χ2v) is 6.59. The van der Waals surface area contributed by atoms with Crippen LogP contribution in [0.4, 0.5) is 0 Å². The van der Waals surface area contributed by atoms with Crippen LogP contribution in [0.15, 0.2) is 30.3 Å². The molecule has 0 saturated heterocycles. The summed E-state index contributed by atoms with van der Waals surface area (Å²) >= 11 is 0. The van der Waals surface area contributed by atoms with Crippen molar-refractivity contribution in [2.45, 2.75) is 32.7 Å². The standard InChI is InChI=1S/C22H27NO7/c1-6-29-20(25)22(23-14(3)24,21(26)30-7-2)13-15-8-9-16-11-18(27-4)19(28-5)12-17(16)10-15/h8-12H,6-7,13H2,1-5H3,(H,23,24). The van der Waals surface area contributed by atoms with Crippen LogP contribution < -0.4 is 14.8 Å². The number of rotatable bonds is 9. The van der Waals surface area contributed by atoms with Gasteiger partial charge in [-0.3, -0.25) is 4.79 Å². The Morgan fingerprint density at radius 1 is 0.867 bits per heavy atom. The first kappa shape index (κ1) is 23.0. The van der Waals surface area contributed by atoms with Crippen LogP contribution in [-0.4, -0.2) is 50.8 Å². The molecule has 30 heavy (non-hydrogen) atoms. The average Bonchev–Trinajstić information content (AvgIpc) is 2.71. The second-order valence-electron chi connectivity index (χ2n) is 6.59. The molecule has 2 rings (SSSR count). The van der Waals surface area contributed by atoms with Crippen molar-refractivity contribution >= 4 is 28.6 Å².